The lowest BCUT2D eigenvalue weighted by atomic mass is 10.1. The molecule has 4 heteroatoms. The van der Waals surface area contributed by atoms with Crippen molar-refractivity contribution in [1.82, 2.24) is 9.78 Å². The first-order valence-electron chi connectivity index (χ1n) is 4.12. The summed E-state index contributed by atoms with van der Waals surface area (Å²) in [7, 11) is 1.71. The molecule has 0 atom stereocenters. The zero-order valence-electron chi connectivity index (χ0n) is 7.78. The van der Waals surface area contributed by atoms with Gasteiger partial charge in [-0.05, 0) is 13.0 Å². The SMILES string of the molecule is CC(=O)CCC(=O)c1ccnn1C. The molecule has 0 amide bonds. The van der Waals surface area contributed by atoms with E-state index in [0.717, 1.165) is 0 Å². The highest BCUT2D eigenvalue weighted by atomic mass is 16.1. The number of hydrogen-bond acceptors (Lipinski definition) is 3. The Morgan fingerprint density at radius 3 is 2.62 bits per heavy atom. The fraction of sp³-hybridized carbons (Fsp3) is 0.444. The number of aryl methyl sites for hydroxylation is 1. The second-order valence-corrected chi connectivity index (χ2v) is 2.97. The number of aromatic nitrogens is 2. The van der Waals surface area contributed by atoms with Crippen molar-refractivity contribution in [2.24, 2.45) is 7.05 Å². The highest BCUT2D eigenvalue weighted by Gasteiger charge is 2.09. The Morgan fingerprint density at radius 2 is 2.15 bits per heavy atom. The molecule has 0 spiro atoms. The third kappa shape index (κ3) is 2.50. The molecule has 1 heterocycles. The number of Topliss-reactive ketones (excluding diaryl/α,β-unsaturated/α-hetero) is 2. The van der Waals surface area contributed by atoms with E-state index in [2.05, 4.69) is 5.10 Å². The highest BCUT2D eigenvalue weighted by molar-refractivity contribution is 5.96. The lowest BCUT2D eigenvalue weighted by Crippen LogP contribution is -2.08. The van der Waals surface area contributed by atoms with Crippen molar-refractivity contribution in [3.05, 3.63) is 18.0 Å². The average molecular weight is 180 g/mol. The van der Waals surface area contributed by atoms with Crippen LogP contribution in [-0.2, 0) is 11.8 Å². The van der Waals surface area contributed by atoms with E-state index in [9.17, 15) is 9.59 Å². The van der Waals surface area contributed by atoms with Crippen LogP contribution in [0.2, 0.25) is 0 Å². The topological polar surface area (TPSA) is 52.0 Å². The lowest BCUT2D eigenvalue weighted by molar-refractivity contribution is -0.116. The van der Waals surface area contributed by atoms with E-state index in [1.54, 1.807) is 19.3 Å². The fourth-order valence-corrected chi connectivity index (χ4v) is 1.07. The molecule has 0 aliphatic carbocycles. The monoisotopic (exact) mass is 180 g/mol. The van der Waals surface area contributed by atoms with Crippen LogP contribution in [0.15, 0.2) is 12.3 Å². The quantitative estimate of drug-likeness (QED) is 0.649. The van der Waals surface area contributed by atoms with Gasteiger partial charge in [0.05, 0.1) is 0 Å². The molecule has 1 aromatic rings. The number of ketones is 2. The Labute approximate surface area is 76.6 Å². The third-order valence-electron chi connectivity index (χ3n) is 1.81. The Balaban J connectivity index is 2.59. The first-order valence-corrected chi connectivity index (χ1v) is 4.12. The van der Waals surface area contributed by atoms with Crippen molar-refractivity contribution < 1.29 is 9.59 Å². The molecule has 13 heavy (non-hydrogen) atoms. The summed E-state index contributed by atoms with van der Waals surface area (Å²) in [6, 6.07) is 1.66. The molecule has 0 saturated heterocycles. The summed E-state index contributed by atoms with van der Waals surface area (Å²) in [5.41, 5.74) is 0.557. The molecule has 0 saturated carbocycles. The normalized spacial score (nSPS) is 10.0. The third-order valence-corrected chi connectivity index (χ3v) is 1.81. The number of nitrogens with zero attached hydrogens (tertiary/aromatic N) is 2. The van der Waals surface area contributed by atoms with Gasteiger partial charge in [-0.25, -0.2) is 0 Å². The lowest BCUT2D eigenvalue weighted by Gasteiger charge is -1.98. The predicted octanol–water partition coefficient (Wildman–Crippen LogP) is 0.972. The minimum atomic E-state index is -0.0322. The van der Waals surface area contributed by atoms with E-state index in [1.807, 2.05) is 0 Å². The van der Waals surface area contributed by atoms with Crippen molar-refractivity contribution in [1.29, 1.82) is 0 Å². The van der Waals surface area contributed by atoms with Crippen LogP contribution in [0, 0.1) is 0 Å². The fourth-order valence-electron chi connectivity index (χ4n) is 1.07. The minimum absolute atomic E-state index is 0.0322. The molecule has 4 nitrogen and oxygen atoms in total. The van der Waals surface area contributed by atoms with Gasteiger partial charge in [0.25, 0.3) is 0 Å². The first kappa shape index (κ1) is 9.64. The van der Waals surface area contributed by atoms with Crippen molar-refractivity contribution in [3.8, 4) is 0 Å². The van der Waals surface area contributed by atoms with Crippen LogP contribution in [0.4, 0.5) is 0 Å². The van der Waals surface area contributed by atoms with Crippen LogP contribution in [-0.4, -0.2) is 21.3 Å². The number of hydrogen-bond donors (Lipinski definition) is 0. The Bertz CT molecular complexity index is 328. The highest BCUT2D eigenvalue weighted by Crippen LogP contribution is 2.03. The van der Waals surface area contributed by atoms with Gasteiger partial charge in [-0.1, -0.05) is 0 Å². The average Bonchev–Trinajstić information content (AvgIpc) is 2.47. The minimum Gasteiger partial charge on any atom is -0.300 e. The van der Waals surface area contributed by atoms with E-state index in [1.165, 1.54) is 11.6 Å². The van der Waals surface area contributed by atoms with Gasteiger partial charge in [-0.3, -0.25) is 9.48 Å². The summed E-state index contributed by atoms with van der Waals surface area (Å²) in [6.45, 7) is 1.48. The van der Waals surface area contributed by atoms with Crippen LogP contribution >= 0.6 is 0 Å². The van der Waals surface area contributed by atoms with Gasteiger partial charge in [-0.15, -0.1) is 0 Å². The van der Waals surface area contributed by atoms with Crippen LogP contribution in [0.1, 0.15) is 30.3 Å². The van der Waals surface area contributed by atoms with E-state index in [0.29, 0.717) is 12.1 Å². The number of carbonyl (C=O) groups excluding carboxylic acids is 2. The van der Waals surface area contributed by atoms with Crippen molar-refractivity contribution in [2.45, 2.75) is 19.8 Å². The molecule has 1 rings (SSSR count). The molecule has 0 aliphatic rings. The smallest absolute Gasteiger partial charge is 0.181 e. The van der Waals surface area contributed by atoms with Gasteiger partial charge in [0, 0.05) is 26.1 Å². The summed E-state index contributed by atoms with van der Waals surface area (Å²) in [4.78, 5) is 22.0. The van der Waals surface area contributed by atoms with Crippen LogP contribution in [0.3, 0.4) is 0 Å². The molecule has 1 aromatic heterocycles. The zero-order valence-corrected chi connectivity index (χ0v) is 7.78. The number of carbonyl (C=O) groups is 2. The molecule has 0 unspecified atom stereocenters. The van der Waals surface area contributed by atoms with Crippen LogP contribution in [0.25, 0.3) is 0 Å². The second-order valence-electron chi connectivity index (χ2n) is 2.97. The standard InChI is InChI=1S/C9H12N2O2/c1-7(12)3-4-9(13)8-5-6-10-11(8)2/h5-6H,3-4H2,1-2H3. The molecular formula is C9H12N2O2. The molecule has 0 aromatic carbocycles. The molecule has 0 bridgehead atoms. The molecular weight excluding hydrogens is 168 g/mol. The van der Waals surface area contributed by atoms with Crippen molar-refractivity contribution in [2.75, 3.05) is 0 Å². The molecule has 0 fully saturated rings. The molecule has 0 aliphatic heterocycles. The maximum atomic E-state index is 11.4. The van der Waals surface area contributed by atoms with Gasteiger partial charge in [-0.2, -0.15) is 5.10 Å². The van der Waals surface area contributed by atoms with Gasteiger partial charge >= 0.3 is 0 Å². The second kappa shape index (κ2) is 3.98. The van der Waals surface area contributed by atoms with E-state index in [-0.39, 0.29) is 18.0 Å². The van der Waals surface area contributed by atoms with Crippen LogP contribution < -0.4 is 0 Å². The van der Waals surface area contributed by atoms with Gasteiger partial charge < -0.3 is 4.79 Å². The summed E-state index contributed by atoms with van der Waals surface area (Å²) in [5.74, 6) is 0.00529. The zero-order chi connectivity index (χ0) is 9.84. The molecule has 70 valence electrons. The Hall–Kier alpha value is -1.45. The molecule has 0 radical (unpaired) electrons. The van der Waals surface area contributed by atoms with Gasteiger partial charge in [0.15, 0.2) is 5.78 Å². The van der Waals surface area contributed by atoms with Crippen molar-refractivity contribution >= 4 is 11.6 Å². The summed E-state index contributed by atoms with van der Waals surface area (Å²) in [6.07, 6.45) is 2.15. The van der Waals surface area contributed by atoms with Gasteiger partial charge in [0.1, 0.15) is 11.5 Å². The predicted molar refractivity (Wildman–Crippen MR) is 47.5 cm³/mol. The van der Waals surface area contributed by atoms with E-state index < -0.39 is 0 Å². The van der Waals surface area contributed by atoms with E-state index >= 15 is 0 Å². The summed E-state index contributed by atoms with van der Waals surface area (Å²) < 4.78 is 1.52. The summed E-state index contributed by atoms with van der Waals surface area (Å²) >= 11 is 0. The van der Waals surface area contributed by atoms with Crippen LogP contribution in [0.5, 0.6) is 0 Å². The summed E-state index contributed by atoms with van der Waals surface area (Å²) in [5, 5.41) is 3.88. The first-order chi connectivity index (χ1) is 6.11. The van der Waals surface area contributed by atoms with Crippen molar-refractivity contribution in [3.63, 3.8) is 0 Å². The maximum absolute atomic E-state index is 11.4. The Kier molecular flexibility index (Phi) is 2.95. The Morgan fingerprint density at radius 1 is 1.46 bits per heavy atom. The maximum Gasteiger partial charge on any atom is 0.181 e. The van der Waals surface area contributed by atoms with E-state index in [4.69, 9.17) is 0 Å². The molecule has 0 N–H and O–H groups in total. The van der Waals surface area contributed by atoms with Gasteiger partial charge in [0.2, 0.25) is 0 Å². The number of rotatable bonds is 4. The largest absolute Gasteiger partial charge is 0.300 e.